The first-order chi connectivity index (χ1) is 11.0. The molecule has 2 rings (SSSR count). The number of piperidine rings is 1. The van der Waals surface area contributed by atoms with E-state index in [0.717, 1.165) is 6.42 Å². The van der Waals surface area contributed by atoms with Crippen LogP contribution in [0.1, 0.15) is 18.4 Å². The molecule has 126 valence electrons. The number of hydrogen-bond acceptors (Lipinski definition) is 3. The highest BCUT2D eigenvalue weighted by Gasteiger charge is 2.29. The molecule has 1 fully saturated rings. The summed E-state index contributed by atoms with van der Waals surface area (Å²) in [6.45, 7) is 3.35. The predicted octanol–water partition coefficient (Wildman–Crippen LogP) is 1.16. The Hall–Kier alpha value is -2.15. The second-order valence-corrected chi connectivity index (χ2v) is 5.71. The van der Waals surface area contributed by atoms with Gasteiger partial charge >= 0.3 is 6.09 Å². The number of carbonyl (C=O) groups excluding carboxylic acids is 2. The van der Waals surface area contributed by atoms with E-state index in [1.807, 2.05) is 0 Å². The molecule has 1 aromatic rings. The maximum absolute atomic E-state index is 13.5. The van der Waals surface area contributed by atoms with E-state index in [4.69, 9.17) is 4.74 Å². The Morgan fingerprint density at radius 3 is 2.96 bits per heavy atom. The number of benzene rings is 1. The Balaban J connectivity index is 1.93. The van der Waals surface area contributed by atoms with Crippen molar-refractivity contribution in [3.05, 3.63) is 29.6 Å². The average molecular weight is 324 g/mol. The number of carbonyl (C=O) groups is 2. The third kappa shape index (κ3) is 4.66. The number of ether oxygens (including phenoxy) is 1. The number of aryl methyl sites for hydroxylation is 1. The first-order valence-electron chi connectivity index (χ1n) is 7.79. The Morgan fingerprint density at radius 2 is 2.26 bits per heavy atom. The normalized spacial score (nSPS) is 17.7. The van der Waals surface area contributed by atoms with Gasteiger partial charge in [-0.05, 0) is 37.5 Å². The monoisotopic (exact) mass is 324 g/mol. The molecule has 4 N–H and O–H groups in total. The fourth-order valence-electron chi connectivity index (χ4n) is 2.52. The molecule has 1 unspecified atom stereocenters. The van der Waals surface area contributed by atoms with Crippen molar-refractivity contribution < 1.29 is 24.5 Å². The Morgan fingerprint density at radius 1 is 1.48 bits per heavy atom. The summed E-state index contributed by atoms with van der Waals surface area (Å²) in [7, 11) is 0. The number of quaternary nitrogens is 1. The van der Waals surface area contributed by atoms with Crippen LogP contribution in [0.3, 0.4) is 0 Å². The lowest BCUT2D eigenvalue weighted by molar-refractivity contribution is -0.372. The summed E-state index contributed by atoms with van der Waals surface area (Å²) in [6, 6.07) is 4.59. The van der Waals surface area contributed by atoms with Crippen LogP contribution >= 0.6 is 0 Å². The molecule has 2 amide bonds. The smallest absolute Gasteiger partial charge is 0.409 e. The van der Waals surface area contributed by atoms with E-state index in [1.165, 1.54) is 6.07 Å². The largest absolute Gasteiger partial charge is 0.443 e. The zero-order valence-corrected chi connectivity index (χ0v) is 13.3. The number of likely N-dealkylation sites (tertiary alicyclic amines) is 1. The number of nitrogens with one attached hydrogen (secondary N) is 1. The summed E-state index contributed by atoms with van der Waals surface area (Å²) >= 11 is 0. The maximum atomic E-state index is 13.5. The summed E-state index contributed by atoms with van der Waals surface area (Å²) in [4.78, 5) is 25.7. The van der Waals surface area contributed by atoms with Gasteiger partial charge in [-0.25, -0.2) is 9.18 Å². The molecule has 0 aliphatic carbocycles. The number of amides is 2. The molecule has 1 aliphatic rings. The van der Waals surface area contributed by atoms with Gasteiger partial charge in [0.1, 0.15) is 19.0 Å². The van der Waals surface area contributed by atoms with Gasteiger partial charge in [-0.2, -0.15) is 0 Å². The van der Waals surface area contributed by atoms with Gasteiger partial charge in [0.2, 0.25) is 5.91 Å². The van der Waals surface area contributed by atoms with E-state index >= 15 is 0 Å². The Kier molecular flexibility index (Phi) is 5.92. The topological polar surface area (TPSA) is 86.3 Å². The van der Waals surface area contributed by atoms with Crippen molar-refractivity contribution in [2.24, 2.45) is 5.92 Å². The molecule has 0 aromatic heterocycles. The van der Waals surface area contributed by atoms with Crippen LogP contribution in [0.2, 0.25) is 0 Å². The second kappa shape index (κ2) is 7.92. The molecule has 0 radical (unpaired) electrons. The van der Waals surface area contributed by atoms with Crippen molar-refractivity contribution in [1.82, 2.24) is 4.90 Å². The van der Waals surface area contributed by atoms with Crippen LogP contribution in [0.15, 0.2) is 18.2 Å². The van der Waals surface area contributed by atoms with E-state index in [0.29, 0.717) is 37.3 Å². The van der Waals surface area contributed by atoms with Gasteiger partial charge in [-0.1, -0.05) is 6.07 Å². The maximum Gasteiger partial charge on any atom is 0.409 e. The molecule has 1 atom stereocenters. The van der Waals surface area contributed by atoms with Crippen LogP contribution in [0.5, 0.6) is 0 Å². The lowest BCUT2D eigenvalue weighted by atomic mass is 9.97. The minimum Gasteiger partial charge on any atom is -0.443 e. The standard InChI is InChI=1S/C16H22FN3O3/c1-11-4-5-13(9-14(11)17)19-15(21)12-3-2-7-20(10-12)16(22)23-8-6-18/h4-5,9,12H,2-3,6-8,10,18H2,1H3,(H,19,21)/p+1. The summed E-state index contributed by atoms with van der Waals surface area (Å²) in [5.41, 5.74) is 4.57. The van der Waals surface area contributed by atoms with Crippen molar-refractivity contribution >= 4 is 17.7 Å². The molecule has 1 aliphatic heterocycles. The van der Waals surface area contributed by atoms with Crippen molar-refractivity contribution in [1.29, 1.82) is 0 Å². The molecule has 23 heavy (non-hydrogen) atoms. The van der Waals surface area contributed by atoms with Gasteiger partial charge in [0.15, 0.2) is 0 Å². The van der Waals surface area contributed by atoms with Crippen molar-refractivity contribution in [2.75, 3.05) is 31.6 Å². The highest BCUT2D eigenvalue weighted by Crippen LogP contribution is 2.20. The lowest BCUT2D eigenvalue weighted by Crippen LogP contribution is -2.53. The van der Waals surface area contributed by atoms with Crippen molar-refractivity contribution in [3.8, 4) is 0 Å². The van der Waals surface area contributed by atoms with Gasteiger partial charge in [-0.3, -0.25) is 4.79 Å². The zero-order chi connectivity index (χ0) is 16.8. The zero-order valence-electron chi connectivity index (χ0n) is 13.3. The number of rotatable bonds is 4. The molecule has 0 spiro atoms. The molecule has 0 saturated carbocycles. The van der Waals surface area contributed by atoms with E-state index in [2.05, 4.69) is 11.1 Å². The molecule has 0 bridgehead atoms. The number of nitrogens with zero attached hydrogens (tertiary/aromatic N) is 1. The first-order valence-corrected chi connectivity index (χ1v) is 7.79. The molecular formula is C16H23FN3O3+. The van der Waals surface area contributed by atoms with Crippen LogP contribution in [-0.4, -0.2) is 43.1 Å². The van der Waals surface area contributed by atoms with Gasteiger partial charge < -0.3 is 20.7 Å². The third-order valence-electron chi connectivity index (χ3n) is 3.86. The fraction of sp³-hybridized carbons (Fsp3) is 0.500. The number of anilines is 1. The second-order valence-electron chi connectivity index (χ2n) is 5.71. The van der Waals surface area contributed by atoms with E-state index in [-0.39, 0.29) is 24.2 Å². The van der Waals surface area contributed by atoms with E-state index in [1.54, 1.807) is 24.0 Å². The lowest BCUT2D eigenvalue weighted by Gasteiger charge is -2.31. The summed E-state index contributed by atoms with van der Waals surface area (Å²) in [6.07, 6.45) is 1.02. The van der Waals surface area contributed by atoms with Gasteiger partial charge in [0, 0.05) is 18.8 Å². The van der Waals surface area contributed by atoms with Crippen LogP contribution < -0.4 is 11.1 Å². The predicted molar refractivity (Wildman–Crippen MR) is 83.2 cm³/mol. The minimum absolute atomic E-state index is 0.206. The summed E-state index contributed by atoms with van der Waals surface area (Å²) in [5.74, 6) is -0.881. The SMILES string of the molecule is Cc1ccc(NC(=O)C2CCCN(C(=O)OCC[NH3+])C2)cc1F. The Bertz CT molecular complexity index is 580. The number of hydrogen-bond donors (Lipinski definition) is 2. The summed E-state index contributed by atoms with van der Waals surface area (Å²) < 4.78 is 18.6. The highest BCUT2D eigenvalue weighted by atomic mass is 19.1. The van der Waals surface area contributed by atoms with E-state index < -0.39 is 6.09 Å². The van der Waals surface area contributed by atoms with Gasteiger partial charge in [0.25, 0.3) is 0 Å². The summed E-state index contributed by atoms with van der Waals surface area (Å²) in [5, 5.41) is 2.71. The fourth-order valence-corrected chi connectivity index (χ4v) is 2.52. The number of halogens is 1. The molecule has 6 nitrogen and oxygen atoms in total. The van der Waals surface area contributed by atoms with Gasteiger partial charge in [0.05, 0.1) is 5.92 Å². The molecule has 1 saturated heterocycles. The van der Waals surface area contributed by atoms with Crippen LogP contribution in [0.25, 0.3) is 0 Å². The third-order valence-corrected chi connectivity index (χ3v) is 3.86. The minimum atomic E-state index is -0.410. The first kappa shape index (κ1) is 17.2. The molecular weight excluding hydrogens is 301 g/mol. The van der Waals surface area contributed by atoms with Gasteiger partial charge in [-0.15, -0.1) is 0 Å². The van der Waals surface area contributed by atoms with Crippen molar-refractivity contribution in [2.45, 2.75) is 19.8 Å². The van der Waals surface area contributed by atoms with Crippen molar-refractivity contribution in [3.63, 3.8) is 0 Å². The Labute approximate surface area is 134 Å². The molecule has 7 heteroatoms. The quantitative estimate of drug-likeness (QED) is 0.871. The molecule has 1 aromatic carbocycles. The highest BCUT2D eigenvalue weighted by molar-refractivity contribution is 5.93. The van der Waals surface area contributed by atoms with E-state index in [9.17, 15) is 14.0 Å². The van der Waals surface area contributed by atoms with Crippen LogP contribution in [-0.2, 0) is 9.53 Å². The van der Waals surface area contributed by atoms with Crippen LogP contribution in [0, 0.1) is 18.7 Å². The van der Waals surface area contributed by atoms with Crippen LogP contribution in [0.4, 0.5) is 14.9 Å². The molecule has 1 heterocycles. The average Bonchev–Trinajstić information content (AvgIpc) is 2.56.